The highest BCUT2D eigenvalue weighted by molar-refractivity contribution is 6.06. The Morgan fingerprint density at radius 3 is 2.47 bits per heavy atom. The number of anilines is 3. The highest BCUT2D eigenvalue weighted by Crippen LogP contribution is 2.41. The number of halogens is 1. The molecule has 1 unspecified atom stereocenters. The van der Waals surface area contributed by atoms with Crippen LogP contribution in [0.5, 0.6) is 0 Å². The number of ether oxygens (including phenoxy) is 1. The van der Waals surface area contributed by atoms with Gasteiger partial charge in [-0.05, 0) is 73.2 Å². The molecule has 3 aromatic carbocycles. The van der Waals surface area contributed by atoms with Gasteiger partial charge in [-0.1, -0.05) is 36.4 Å². The van der Waals surface area contributed by atoms with E-state index in [9.17, 15) is 14.0 Å². The first kappa shape index (κ1) is 23.8. The summed E-state index contributed by atoms with van der Waals surface area (Å²) in [5.74, 6) is 0.169. The van der Waals surface area contributed by atoms with Crippen LogP contribution in [0.15, 0.2) is 66.7 Å². The maximum atomic E-state index is 14.5. The third kappa shape index (κ3) is 6.01. The minimum absolute atomic E-state index is 0.0702. The Labute approximate surface area is 209 Å². The molecule has 2 fully saturated rings. The predicted molar refractivity (Wildman–Crippen MR) is 137 cm³/mol. The fraction of sp³-hybridized carbons (Fsp3) is 0.286. The summed E-state index contributed by atoms with van der Waals surface area (Å²) in [4.78, 5) is 24.6. The quantitative estimate of drug-likeness (QED) is 0.307. The van der Waals surface area contributed by atoms with E-state index in [1.807, 2.05) is 12.1 Å². The summed E-state index contributed by atoms with van der Waals surface area (Å²) in [6.07, 6.45) is 3.09. The molecule has 0 heterocycles. The molecule has 2 atom stereocenters. The van der Waals surface area contributed by atoms with Crippen molar-refractivity contribution in [1.82, 2.24) is 5.32 Å². The average molecular weight is 489 g/mol. The smallest absolute Gasteiger partial charge is 0.412 e. The van der Waals surface area contributed by atoms with Crippen molar-refractivity contribution in [3.05, 3.63) is 89.2 Å². The molecule has 0 radical (unpaired) electrons. The molecule has 3 aromatic rings. The molecule has 0 aliphatic heterocycles. The van der Waals surface area contributed by atoms with E-state index in [0.29, 0.717) is 23.3 Å². The van der Waals surface area contributed by atoms with Crippen molar-refractivity contribution < 1.29 is 18.7 Å². The number of hydrogen-bond acceptors (Lipinski definition) is 5. The van der Waals surface area contributed by atoms with Gasteiger partial charge >= 0.3 is 6.09 Å². The summed E-state index contributed by atoms with van der Waals surface area (Å²) < 4.78 is 19.8. The summed E-state index contributed by atoms with van der Waals surface area (Å²) in [5, 5.41) is 8.66. The van der Waals surface area contributed by atoms with Crippen LogP contribution in [-0.4, -0.2) is 24.6 Å². The van der Waals surface area contributed by atoms with Crippen LogP contribution < -0.4 is 21.7 Å². The first-order valence-corrected chi connectivity index (χ1v) is 12.2. The summed E-state index contributed by atoms with van der Waals surface area (Å²) in [7, 11) is 0. The van der Waals surface area contributed by atoms with E-state index in [2.05, 4.69) is 28.1 Å². The van der Waals surface area contributed by atoms with Crippen LogP contribution in [0.1, 0.15) is 46.7 Å². The normalized spacial score (nSPS) is 18.4. The highest BCUT2D eigenvalue weighted by Gasteiger charge is 2.38. The van der Waals surface area contributed by atoms with Crippen LogP contribution in [0.25, 0.3) is 0 Å². The molecule has 7 nitrogen and oxygen atoms in total. The second kappa shape index (κ2) is 10.4. The van der Waals surface area contributed by atoms with Gasteiger partial charge in [0, 0.05) is 17.5 Å². The fourth-order valence-corrected chi connectivity index (χ4v) is 4.15. The standard InChI is InChI=1S/C28H29FN4O3/c29-22-13-20(27(34)32-25-4-2-1-3-23(25)30)11-12-24(22)33-28(35)36-16-18-7-9-19(10-8-18)21-14-26(21)31-15-17-5-6-17/h1-4,7-13,17,21,26,31H,5-6,14-16,30H2,(H,32,34)(H,33,35)/t21?,26-/m0/s1. The molecule has 0 saturated heterocycles. The number of nitrogens with two attached hydrogens (primary N) is 1. The summed E-state index contributed by atoms with van der Waals surface area (Å²) >= 11 is 0. The first-order chi connectivity index (χ1) is 17.5. The zero-order valence-corrected chi connectivity index (χ0v) is 19.8. The molecular weight excluding hydrogens is 459 g/mol. The number of hydrogen-bond donors (Lipinski definition) is 4. The van der Waals surface area contributed by atoms with E-state index in [-0.39, 0.29) is 17.9 Å². The van der Waals surface area contributed by atoms with Crippen molar-refractivity contribution in [3.63, 3.8) is 0 Å². The summed E-state index contributed by atoms with van der Waals surface area (Å²) in [5.41, 5.74) is 8.82. The van der Waals surface area contributed by atoms with Crippen LogP contribution in [0.2, 0.25) is 0 Å². The SMILES string of the molecule is Nc1ccccc1NC(=O)c1ccc(NC(=O)OCc2ccc(C3C[C@@H]3NCC3CC3)cc2)c(F)c1. The molecule has 36 heavy (non-hydrogen) atoms. The van der Waals surface area contributed by atoms with Crippen molar-refractivity contribution in [2.75, 3.05) is 22.9 Å². The first-order valence-electron chi connectivity index (χ1n) is 12.2. The van der Waals surface area contributed by atoms with E-state index in [4.69, 9.17) is 10.5 Å². The van der Waals surface area contributed by atoms with Crippen molar-refractivity contribution in [3.8, 4) is 0 Å². The molecule has 2 saturated carbocycles. The van der Waals surface area contributed by atoms with Crippen LogP contribution >= 0.6 is 0 Å². The van der Waals surface area contributed by atoms with E-state index in [1.165, 1.54) is 30.5 Å². The predicted octanol–water partition coefficient (Wildman–Crippen LogP) is 5.26. The molecule has 0 bridgehead atoms. The molecule has 5 N–H and O–H groups in total. The second-order valence-corrected chi connectivity index (χ2v) is 9.48. The van der Waals surface area contributed by atoms with E-state index in [1.54, 1.807) is 24.3 Å². The average Bonchev–Trinajstić information content (AvgIpc) is 3.80. The molecule has 0 spiro atoms. The van der Waals surface area contributed by atoms with Gasteiger partial charge < -0.3 is 21.1 Å². The van der Waals surface area contributed by atoms with Gasteiger partial charge in [0.2, 0.25) is 0 Å². The lowest BCUT2D eigenvalue weighted by molar-refractivity contribution is 0.102. The Morgan fingerprint density at radius 1 is 0.972 bits per heavy atom. The molecule has 2 aliphatic rings. The number of nitrogens with one attached hydrogen (secondary N) is 3. The van der Waals surface area contributed by atoms with E-state index >= 15 is 0 Å². The van der Waals surface area contributed by atoms with Crippen LogP contribution in [-0.2, 0) is 11.3 Å². The van der Waals surface area contributed by atoms with Gasteiger partial charge in [-0.2, -0.15) is 0 Å². The Balaban J connectivity index is 1.09. The minimum atomic E-state index is -0.779. The lowest BCUT2D eigenvalue weighted by atomic mass is 10.1. The molecule has 0 aromatic heterocycles. The molecule has 5 rings (SSSR count). The Kier molecular flexibility index (Phi) is 6.86. The fourth-order valence-electron chi connectivity index (χ4n) is 4.15. The number of carbonyl (C=O) groups excluding carboxylic acids is 2. The van der Waals surface area contributed by atoms with Crippen molar-refractivity contribution in [2.24, 2.45) is 5.92 Å². The van der Waals surface area contributed by atoms with Crippen LogP contribution in [0, 0.1) is 11.7 Å². The zero-order valence-electron chi connectivity index (χ0n) is 19.8. The van der Waals surface area contributed by atoms with E-state index in [0.717, 1.165) is 30.5 Å². The number of carbonyl (C=O) groups is 2. The monoisotopic (exact) mass is 488 g/mol. The molecular formula is C28H29FN4O3. The van der Waals surface area contributed by atoms with Gasteiger partial charge in [0.05, 0.1) is 17.1 Å². The van der Waals surface area contributed by atoms with Gasteiger partial charge in [0.25, 0.3) is 5.91 Å². The molecule has 2 amide bonds. The van der Waals surface area contributed by atoms with Crippen LogP contribution in [0.3, 0.4) is 0 Å². The lowest BCUT2D eigenvalue weighted by Crippen LogP contribution is -2.20. The molecule has 8 heteroatoms. The van der Waals surface area contributed by atoms with Gasteiger partial charge in [0.15, 0.2) is 0 Å². The lowest BCUT2D eigenvalue weighted by Gasteiger charge is -2.11. The largest absolute Gasteiger partial charge is 0.444 e. The summed E-state index contributed by atoms with van der Waals surface area (Å²) in [6.45, 7) is 1.20. The van der Waals surface area contributed by atoms with Crippen molar-refractivity contribution >= 4 is 29.1 Å². The number of para-hydroxylation sites is 2. The second-order valence-electron chi connectivity index (χ2n) is 9.48. The third-order valence-electron chi connectivity index (χ3n) is 6.61. The summed E-state index contributed by atoms with van der Waals surface area (Å²) in [6, 6.07) is 19.2. The molecule has 2 aliphatic carbocycles. The minimum Gasteiger partial charge on any atom is -0.444 e. The number of nitrogen functional groups attached to an aromatic ring is 1. The van der Waals surface area contributed by atoms with Crippen LogP contribution in [0.4, 0.5) is 26.2 Å². The maximum absolute atomic E-state index is 14.5. The van der Waals surface area contributed by atoms with Crippen molar-refractivity contribution in [1.29, 1.82) is 0 Å². The molecule has 186 valence electrons. The van der Waals surface area contributed by atoms with Gasteiger partial charge in [-0.25, -0.2) is 9.18 Å². The Bertz CT molecular complexity index is 1260. The number of rotatable bonds is 9. The topological polar surface area (TPSA) is 105 Å². The zero-order chi connectivity index (χ0) is 25.1. The highest BCUT2D eigenvalue weighted by atomic mass is 19.1. The number of amides is 2. The number of benzene rings is 3. The Morgan fingerprint density at radius 2 is 1.75 bits per heavy atom. The Hall–Kier alpha value is -3.91. The van der Waals surface area contributed by atoms with Crippen molar-refractivity contribution in [2.45, 2.75) is 37.8 Å². The van der Waals surface area contributed by atoms with E-state index < -0.39 is 17.8 Å². The third-order valence-corrected chi connectivity index (χ3v) is 6.61. The van der Waals surface area contributed by atoms with Gasteiger partial charge in [-0.15, -0.1) is 0 Å². The maximum Gasteiger partial charge on any atom is 0.412 e. The van der Waals surface area contributed by atoms with Gasteiger partial charge in [-0.3, -0.25) is 10.1 Å². The van der Waals surface area contributed by atoms with Gasteiger partial charge in [0.1, 0.15) is 12.4 Å².